The SMILES string of the molecule is O=C=NCCCCCCNC(=O)OCCN1C(=O)C=CC1=O. The summed E-state index contributed by atoms with van der Waals surface area (Å²) in [5.41, 5.74) is 0. The summed E-state index contributed by atoms with van der Waals surface area (Å²) in [5, 5.41) is 2.58. The van der Waals surface area contributed by atoms with Crippen LogP contribution in [0.25, 0.3) is 0 Å². The van der Waals surface area contributed by atoms with Crippen molar-refractivity contribution in [1.29, 1.82) is 0 Å². The van der Waals surface area contributed by atoms with Crippen LogP contribution in [0, 0.1) is 0 Å². The number of nitrogens with one attached hydrogen (secondary N) is 1. The van der Waals surface area contributed by atoms with Crippen molar-refractivity contribution in [3.05, 3.63) is 12.2 Å². The van der Waals surface area contributed by atoms with Crippen molar-refractivity contribution in [1.82, 2.24) is 10.2 Å². The van der Waals surface area contributed by atoms with Crippen LogP contribution in [-0.2, 0) is 19.1 Å². The number of ether oxygens (including phenoxy) is 1. The molecule has 0 saturated carbocycles. The lowest BCUT2D eigenvalue weighted by molar-refractivity contribution is -0.137. The van der Waals surface area contributed by atoms with E-state index >= 15 is 0 Å². The van der Waals surface area contributed by atoms with E-state index in [4.69, 9.17) is 4.74 Å². The average molecular weight is 309 g/mol. The molecule has 1 heterocycles. The molecule has 0 fully saturated rings. The van der Waals surface area contributed by atoms with Gasteiger partial charge in [-0.2, -0.15) is 0 Å². The highest BCUT2D eigenvalue weighted by Gasteiger charge is 2.22. The minimum absolute atomic E-state index is 0.0330. The number of amides is 3. The van der Waals surface area contributed by atoms with Crippen molar-refractivity contribution in [3.63, 3.8) is 0 Å². The molecular weight excluding hydrogens is 290 g/mol. The van der Waals surface area contributed by atoms with Crippen molar-refractivity contribution in [2.75, 3.05) is 26.2 Å². The Morgan fingerprint density at radius 2 is 1.86 bits per heavy atom. The average Bonchev–Trinajstić information content (AvgIpc) is 2.82. The van der Waals surface area contributed by atoms with E-state index in [-0.39, 0.29) is 13.2 Å². The molecular formula is C14H19N3O5. The molecule has 0 aromatic heterocycles. The first-order chi connectivity index (χ1) is 10.6. The molecule has 0 unspecified atom stereocenters. The maximum absolute atomic E-state index is 11.4. The van der Waals surface area contributed by atoms with Crippen LogP contribution in [0.2, 0.25) is 0 Å². The molecule has 1 aliphatic heterocycles. The summed E-state index contributed by atoms with van der Waals surface area (Å²) < 4.78 is 4.88. The molecule has 0 radical (unpaired) electrons. The van der Waals surface area contributed by atoms with Gasteiger partial charge in [-0.25, -0.2) is 14.6 Å². The Bertz CT molecular complexity index is 465. The van der Waals surface area contributed by atoms with E-state index in [2.05, 4.69) is 10.3 Å². The zero-order chi connectivity index (χ0) is 16.2. The summed E-state index contributed by atoms with van der Waals surface area (Å²) in [5.74, 6) is -0.791. The number of alkyl carbamates (subject to hydrolysis) is 1. The number of isocyanates is 1. The summed E-state index contributed by atoms with van der Waals surface area (Å²) in [4.78, 5) is 48.1. The van der Waals surface area contributed by atoms with Crippen molar-refractivity contribution >= 4 is 24.0 Å². The lowest BCUT2D eigenvalue weighted by Crippen LogP contribution is -2.35. The van der Waals surface area contributed by atoms with E-state index in [1.165, 1.54) is 18.2 Å². The van der Waals surface area contributed by atoms with Crippen LogP contribution in [0.5, 0.6) is 0 Å². The number of hydrogen-bond donors (Lipinski definition) is 1. The third-order valence-electron chi connectivity index (χ3n) is 2.98. The number of nitrogens with zero attached hydrogens (tertiary/aromatic N) is 2. The van der Waals surface area contributed by atoms with E-state index in [1.54, 1.807) is 0 Å². The van der Waals surface area contributed by atoms with Crippen LogP contribution >= 0.6 is 0 Å². The molecule has 0 aromatic carbocycles. The van der Waals surface area contributed by atoms with Gasteiger partial charge in [0, 0.05) is 18.7 Å². The van der Waals surface area contributed by atoms with E-state index in [1.807, 2.05) is 0 Å². The maximum Gasteiger partial charge on any atom is 0.407 e. The second-order valence-corrected chi connectivity index (χ2v) is 4.61. The van der Waals surface area contributed by atoms with Gasteiger partial charge in [0.05, 0.1) is 13.1 Å². The molecule has 3 amide bonds. The largest absolute Gasteiger partial charge is 0.448 e. The lowest BCUT2D eigenvalue weighted by Gasteiger charge is -2.13. The monoisotopic (exact) mass is 309 g/mol. The van der Waals surface area contributed by atoms with Gasteiger partial charge in [0.2, 0.25) is 6.08 Å². The van der Waals surface area contributed by atoms with Crippen LogP contribution in [-0.4, -0.2) is 55.1 Å². The predicted octanol–water partition coefficient (Wildman–Crippen LogP) is 0.534. The van der Waals surface area contributed by atoms with Gasteiger partial charge in [-0.1, -0.05) is 12.8 Å². The van der Waals surface area contributed by atoms with Crippen LogP contribution in [0.15, 0.2) is 17.1 Å². The van der Waals surface area contributed by atoms with Gasteiger partial charge in [0.25, 0.3) is 11.8 Å². The quantitative estimate of drug-likeness (QED) is 0.274. The molecule has 0 atom stereocenters. The maximum atomic E-state index is 11.4. The number of imide groups is 1. The van der Waals surface area contributed by atoms with Gasteiger partial charge in [0.1, 0.15) is 6.61 Å². The number of unbranched alkanes of at least 4 members (excludes halogenated alkanes) is 3. The summed E-state index contributed by atoms with van der Waals surface area (Å²) in [6.07, 6.45) is 6.74. The minimum Gasteiger partial charge on any atom is -0.448 e. The van der Waals surface area contributed by atoms with Gasteiger partial charge in [-0.3, -0.25) is 14.5 Å². The van der Waals surface area contributed by atoms with Crippen LogP contribution in [0.1, 0.15) is 25.7 Å². The first-order valence-corrected chi connectivity index (χ1v) is 7.13. The highest BCUT2D eigenvalue weighted by Crippen LogP contribution is 2.02. The highest BCUT2D eigenvalue weighted by atomic mass is 16.5. The molecule has 8 heteroatoms. The molecule has 0 aromatic rings. The number of carbonyl (C=O) groups excluding carboxylic acids is 4. The van der Waals surface area contributed by atoms with Crippen molar-refractivity contribution in [3.8, 4) is 0 Å². The normalized spacial score (nSPS) is 13.2. The molecule has 1 aliphatic rings. The third-order valence-corrected chi connectivity index (χ3v) is 2.98. The second kappa shape index (κ2) is 10.3. The van der Waals surface area contributed by atoms with Gasteiger partial charge in [-0.05, 0) is 12.8 Å². The summed E-state index contributed by atoms with van der Waals surface area (Å²) in [6.45, 7) is 0.991. The molecule has 8 nitrogen and oxygen atoms in total. The van der Waals surface area contributed by atoms with Gasteiger partial charge in [0.15, 0.2) is 0 Å². The zero-order valence-electron chi connectivity index (χ0n) is 12.2. The Kier molecular flexibility index (Phi) is 8.22. The Morgan fingerprint density at radius 1 is 1.18 bits per heavy atom. The first-order valence-electron chi connectivity index (χ1n) is 7.13. The lowest BCUT2D eigenvalue weighted by atomic mass is 10.2. The van der Waals surface area contributed by atoms with Crippen LogP contribution < -0.4 is 5.32 Å². The van der Waals surface area contributed by atoms with Crippen LogP contribution in [0.4, 0.5) is 4.79 Å². The van der Waals surface area contributed by atoms with Gasteiger partial charge in [-0.15, -0.1) is 0 Å². The number of rotatable bonds is 10. The van der Waals surface area contributed by atoms with Crippen molar-refractivity contribution < 1.29 is 23.9 Å². The Labute approximate surface area is 128 Å². The smallest absolute Gasteiger partial charge is 0.407 e. The first kappa shape index (κ1) is 17.6. The summed E-state index contributed by atoms with van der Waals surface area (Å²) in [7, 11) is 0. The van der Waals surface area contributed by atoms with E-state index < -0.39 is 17.9 Å². The van der Waals surface area contributed by atoms with E-state index in [0.717, 1.165) is 30.6 Å². The fraction of sp³-hybridized carbons (Fsp3) is 0.571. The predicted molar refractivity (Wildman–Crippen MR) is 76.7 cm³/mol. The molecule has 22 heavy (non-hydrogen) atoms. The Hall–Kier alpha value is -2.47. The number of hydrogen-bond acceptors (Lipinski definition) is 6. The molecule has 0 saturated heterocycles. The molecule has 1 rings (SSSR count). The Morgan fingerprint density at radius 3 is 2.55 bits per heavy atom. The number of carbonyl (C=O) groups is 3. The fourth-order valence-corrected chi connectivity index (χ4v) is 1.84. The van der Waals surface area contributed by atoms with E-state index in [0.29, 0.717) is 13.1 Å². The standard InChI is InChI=1S/C14H19N3O5/c18-11-15-7-3-1-2-4-8-16-14(21)22-10-9-17-12(19)5-6-13(17)20/h5-6H,1-4,7-10H2,(H,16,21). The molecule has 120 valence electrons. The highest BCUT2D eigenvalue weighted by molar-refractivity contribution is 6.12. The molecule has 0 bridgehead atoms. The van der Waals surface area contributed by atoms with Crippen molar-refractivity contribution in [2.24, 2.45) is 4.99 Å². The van der Waals surface area contributed by atoms with Gasteiger partial charge < -0.3 is 10.1 Å². The molecule has 1 N–H and O–H groups in total. The number of aliphatic imine (C=N–C) groups is 1. The zero-order valence-corrected chi connectivity index (χ0v) is 12.2. The minimum atomic E-state index is -0.572. The van der Waals surface area contributed by atoms with Crippen LogP contribution in [0.3, 0.4) is 0 Å². The third kappa shape index (κ3) is 6.81. The molecule has 0 aliphatic carbocycles. The van der Waals surface area contributed by atoms with Gasteiger partial charge >= 0.3 is 6.09 Å². The molecule has 0 spiro atoms. The van der Waals surface area contributed by atoms with Crippen molar-refractivity contribution in [2.45, 2.75) is 25.7 Å². The topological polar surface area (TPSA) is 105 Å². The summed E-state index contributed by atoms with van der Waals surface area (Å²) in [6, 6.07) is 0. The van der Waals surface area contributed by atoms with E-state index in [9.17, 15) is 19.2 Å². The second-order valence-electron chi connectivity index (χ2n) is 4.61. The fourth-order valence-electron chi connectivity index (χ4n) is 1.84. The summed E-state index contributed by atoms with van der Waals surface area (Å²) >= 11 is 0. The Balaban J connectivity index is 1.97.